The number of amides is 1. The summed E-state index contributed by atoms with van der Waals surface area (Å²) in [7, 11) is 1.52. The number of alkyl halides is 2. The molecule has 3 aromatic rings. The predicted octanol–water partition coefficient (Wildman–Crippen LogP) is 3.17. The van der Waals surface area contributed by atoms with Crippen molar-refractivity contribution >= 4 is 39.1 Å². The van der Waals surface area contributed by atoms with E-state index in [1.807, 2.05) is 0 Å². The van der Waals surface area contributed by atoms with E-state index in [4.69, 9.17) is 0 Å². The molecular formula is C18H21F2N7OS. The summed E-state index contributed by atoms with van der Waals surface area (Å²) in [5, 5.41) is 14.6. The highest BCUT2D eigenvalue weighted by atomic mass is 32.1. The second kappa shape index (κ2) is 8.37. The van der Waals surface area contributed by atoms with Crippen LogP contribution in [0.15, 0.2) is 17.8 Å². The summed E-state index contributed by atoms with van der Waals surface area (Å²) in [4.78, 5) is 22.3. The number of hydrogen-bond donors (Lipinski definition) is 3. The topological polar surface area (TPSA) is 96.8 Å². The smallest absolute Gasteiger partial charge is 0.284 e. The zero-order valence-corrected chi connectivity index (χ0v) is 16.6. The van der Waals surface area contributed by atoms with E-state index in [0.717, 1.165) is 32.4 Å². The molecule has 1 atom stereocenters. The van der Waals surface area contributed by atoms with E-state index in [0.29, 0.717) is 21.7 Å². The minimum atomic E-state index is -2.78. The lowest BCUT2D eigenvalue weighted by Gasteiger charge is -2.16. The quantitative estimate of drug-likeness (QED) is 0.586. The Morgan fingerprint density at radius 1 is 1.41 bits per heavy atom. The van der Waals surface area contributed by atoms with Crippen molar-refractivity contribution in [3.05, 3.63) is 29.0 Å². The molecule has 29 heavy (non-hydrogen) atoms. The number of halogens is 2. The van der Waals surface area contributed by atoms with Crippen LogP contribution < -0.4 is 16.0 Å². The molecule has 0 aromatic carbocycles. The van der Waals surface area contributed by atoms with Gasteiger partial charge in [-0.15, -0.1) is 11.3 Å². The lowest BCUT2D eigenvalue weighted by atomic mass is 10.1. The summed E-state index contributed by atoms with van der Waals surface area (Å²) in [5.74, 6) is 0.0713. The number of carbonyl (C=O) groups excluding carboxylic acids is 1. The highest BCUT2D eigenvalue weighted by Gasteiger charge is 2.22. The van der Waals surface area contributed by atoms with Crippen LogP contribution in [0.1, 0.15) is 41.7 Å². The van der Waals surface area contributed by atoms with Gasteiger partial charge in [0.15, 0.2) is 5.69 Å². The Bertz CT molecular complexity index is 1010. The maximum Gasteiger partial charge on any atom is 0.284 e. The molecule has 0 aliphatic carbocycles. The van der Waals surface area contributed by atoms with Gasteiger partial charge in [-0.3, -0.25) is 9.48 Å². The van der Waals surface area contributed by atoms with Gasteiger partial charge in [-0.2, -0.15) is 5.10 Å². The Morgan fingerprint density at radius 2 is 2.28 bits per heavy atom. The summed E-state index contributed by atoms with van der Waals surface area (Å²) in [5.41, 5.74) is 0.263. The second-order valence-corrected chi connectivity index (χ2v) is 7.81. The number of nitrogens with zero attached hydrogens (tertiary/aromatic N) is 4. The maximum atomic E-state index is 13.1. The van der Waals surface area contributed by atoms with Crippen molar-refractivity contribution < 1.29 is 13.6 Å². The first kappa shape index (κ1) is 19.6. The summed E-state index contributed by atoms with van der Waals surface area (Å²) >= 11 is 1.28. The van der Waals surface area contributed by atoms with Crippen molar-refractivity contribution in [2.45, 2.75) is 31.7 Å². The molecule has 1 aliphatic heterocycles. The number of aromatic nitrogens is 4. The molecule has 1 fully saturated rings. The van der Waals surface area contributed by atoms with Gasteiger partial charge in [-0.1, -0.05) is 6.42 Å². The van der Waals surface area contributed by atoms with Gasteiger partial charge in [-0.25, -0.2) is 18.7 Å². The van der Waals surface area contributed by atoms with Gasteiger partial charge in [0.2, 0.25) is 0 Å². The molecule has 1 saturated heterocycles. The summed E-state index contributed by atoms with van der Waals surface area (Å²) in [6, 6.07) is 0.240. The molecule has 8 nitrogen and oxygen atoms in total. The van der Waals surface area contributed by atoms with Crippen molar-refractivity contribution in [1.82, 2.24) is 25.1 Å². The SMILES string of the molecule is Cn1cc(NC(=O)c2csc3ncc(N[C@@H]4CCCCNC4)nc23)c(C(F)F)n1. The first-order chi connectivity index (χ1) is 14.0. The number of nitrogens with one attached hydrogen (secondary N) is 3. The van der Waals surface area contributed by atoms with Crippen LogP contribution in [0.4, 0.5) is 20.3 Å². The summed E-state index contributed by atoms with van der Waals surface area (Å²) in [6.07, 6.45) is 3.53. The third-order valence-corrected chi connectivity index (χ3v) is 5.61. The number of carbonyl (C=O) groups is 1. The number of rotatable bonds is 5. The van der Waals surface area contributed by atoms with Crippen LogP contribution in [0.25, 0.3) is 10.3 Å². The zero-order chi connectivity index (χ0) is 20.4. The van der Waals surface area contributed by atoms with Gasteiger partial charge in [0.05, 0.1) is 17.4 Å². The fourth-order valence-corrected chi connectivity index (χ4v) is 4.17. The molecule has 0 radical (unpaired) electrons. The highest BCUT2D eigenvalue weighted by molar-refractivity contribution is 7.17. The Morgan fingerprint density at radius 3 is 3.10 bits per heavy atom. The lowest BCUT2D eigenvalue weighted by Crippen LogP contribution is -2.31. The van der Waals surface area contributed by atoms with Gasteiger partial charge < -0.3 is 16.0 Å². The molecule has 1 aliphatic rings. The first-order valence-corrected chi connectivity index (χ1v) is 10.2. The van der Waals surface area contributed by atoms with Crippen LogP contribution in [0.3, 0.4) is 0 Å². The van der Waals surface area contributed by atoms with Crippen molar-refractivity contribution in [3.63, 3.8) is 0 Å². The number of anilines is 2. The minimum absolute atomic E-state index is 0.0152. The van der Waals surface area contributed by atoms with Crippen molar-refractivity contribution in [2.75, 3.05) is 23.7 Å². The van der Waals surface area contributed by atoms with Crippen LogP contribution in [0.5, 0.6) is 0 Å². The van der Waals surface area contributed by atoms with E-state index in [1.165, 1.54) is 29.3 Å². The summed E-state index contributed by atoms with van der Waals surface area (Å²) < 4.78 is 27.5. The number of thiophene rings is 1. The molecule has 11 heteroatoms. The van der Waals surface area contributed by atoms with E-state index < -0.39 is 18.0 Å². The van der Waals surface area contributed by atoms with Crippen molar-refractivity contribution in [2.24, 2.45) is 7.05 Å². The number of fused-ring (bicyclic) bond motifs is 1. The van der Waals surface area contributed by atoms with Gasteiger partial charge in [0.25, 0.3) is 12.3 Å². The Kier molecular flexibility index (Phi) is 5.67. The Hall–Kier alpha value is -2.66. The Balaban J connectivity index is 1.56. The fraction of sp³-hybridized carbons (Fsp3) is 0.444. The normalized spacial score (nSPS) is 17.4. The van der Waals surface area contributed by atoms with E-state index in [9.17, 15) is 13.6 Å². The molecule has 4 rings (SSSR count). The van der Waals surface area contributed by atoms with E-state index in [-0.39, 0.29) is 11.7 Å². The van der Waals surface area contributed by atoms with E-state index >= 15 is 0 Å². The van der Waals surface area contributed by atoms with Crippen LogP contribution in [-0.4, -0.2) is 44.8 Å². The predicted molar refractivity (Wildman–Crippen MR) is 108 cm³/mol. The standard InChI is InChI=1S/C18H21F2N7OS/c1-27-8-12(15(26-27)16(19)20)24-17(28)11-9-29-18-14(11)25-13(7-22-18)23-10-4-2-3-5-21-6-10/h7-10,16,21H,2-6H2,1H3,(H,23,25)(H,24,28)/t10-/m1/s1. The first-order valence-electron chi connectivity index (χ1n) is 9.36. The van der Waals surface area contributed by atoms with Crippen LogP contribution in [-0.2, 0) is 7.05 Å². The van der Waals surface area contributed by atoms with Crippen LogP contribution >= 0.6 is 11.3 Å². The fourth-order valence-electron chi connectivity index (χ4n) is 3.35. The van der Waals surface area contributed by atoms with Crippen LogP contribution in [0.2, 0.25) is 0 Å². The van der Waals surface area contributed by atoms with Crippen molar-refractivity contribution in [1.29, 1.82) is 0 Å². The maximum absolute atomic E-state index is 13.1. The van der Waals surface area contributed by atoms with Crippen molar-refractivity contribution in [3.8, 4) is 0 Å². The van der Waals surface area contributed by atoms with Gasteiger partial charge in [0.1, 0.15) is 16.2 Å². The van der Waals surface area contributed by atoms with Gasteiger partial charge in [-0.05, 0) is 19.4 Å². The molecule has 0 unspecified atom stereocenters. The lowest BCUT2D eigenvalue weighted by molar-refractivity contribution is 0.102. The molecule has 0 bridgehead atoms. The van der Waals surface area contributed by atoms with Crippen LogP contribution in [0, 0.1) is 0 Å². The second-order valence-electron chi connectivity index (χ2n) is 6.96. The third kappa shape index (κ3) is 4.35. The average molecular weight is 421 g/mol. The van der Waals surface area contributed by atoms with Gasteiger partial charge >= 0.3 is 0 Å². The number of aryl methyl sites for hydroxylation is 1. The van der Waals surface area contributed by atoms with E-state index in [2.05, 4.69) is 31.0 Å². The monoisotopic (exact) mass is 421 g/mol. The van der Waals surface area contributed by atoms with E-state index in [1.54, 1.807) is 11.6 Å². The number of hydrogen-bond acceptors (Lipinski definition) is 7. The molecule has 1 amide bonds. The third-order valence-electron chi connectivity index (χ3n) is 4.74. The average Bonchev–Trinajstić information content (AvgIpc) is 3.17. The van der Waals surface area contributed by atoms with Gasteiger partial charge in [0, 0.05) is 31.2 Å². The Labute approximate surface area is 169 Å². The largest absolute Gasteiger partial charge is 0.365 e. The molecule has 3 aromatic heterocycles. The molecule has 0 saturated carbocycles. The summed E-state index contributed by atoms with van der Waals surface area (Å²) in [6.45, 7) is 1.85. The zero-order valence-electron chi connectivity index (χ0n) is 15.8. The highest BCUT2D eigenvalue weighted by Crippen LogP contribution is 2.28. The minimum Gasteiger partial charge on any atom is -0.365 e. The molecule has 0 spiro atoms. The molecular weight excluding hydrogens is 400 g/mol. The molecule has 4 heterocycles. The molecule has 154 valence electrons. The molecule has 3 N–H and O–H groups in total.